The molecule has 314 valence electrons. The quantitative estimate of drug-likeness (QED) is 0.213. The summed E-state index contributed by atoms with van der Waals surface area (Å²) in [7, 11) is 1.47. The number of likely N-dealkylation sites (tertiary alicyclic amines) is 1. The number of nitrogens with one attached hydrogen (secondary N) is 2. The van der Waals surface area contributed by atoms with Gasteiger partial charge in [-0.25, -0.2) is 18.4 Å². The summed E-state index contributed by atoms with van der Waals surface area (Å²) >= 11 is 1.47. The summed E-state index contributed by atoms with van der Waals surface area (Å²) in [6, 6.07) is 4.79. The molecule has 3 aliphatic rings. The molecule has 58 heavy (non-hydrogen) atoms. The number of hydrogen-bond acceptors (Lipinski definition) is 13. The molecule has 3 aromatic rings. The van der Waals surface area contributed by atoms with Gasteiger partial charge < -0.3 is 34.2 Å². The fourth-order valence-electron chi connectivity index (χ4n) is 7.09. The second kappa shape index (κ2) is 17.6. The summed E-state index contributed by atoms with van der Waals surface area (Å²) in [6.45, 7) is 11.0. The monoisotopic (exact) mass is 839 g/mol. The Morgan fingerprint density at radius 3 is 2.45 bits per heavy atom. The van der Waals surface area contributed by atoms with Crippen molar-refractivity contribution in [3.8, 4) is 22.9 Å². The Morgan fingerprint density at radius 1 is 1.10 bits per heavy atom. The Kier molecular flexibility index (Phi) is 13.0. The second-order valence-corrected chi connectivity index (χ2v) is 19.0. The van der Waals surface area contributed by atoms with Crippen LogP contribution in [0.3, 0.4) is 0 Å². The van der Waals surface area contributed by atoms with E-state index in [1.807, 2.05) is 51.2 Å². The van der Waals surface area contributed by atoms with Gasteiger partial charge in [0.25, 0.3) is 5.91 Å². The number of benzene rings is 1. The van der Waals surface area contributed by atoms with Gasteiger partial charge in [0.05, 0.1) is 49.2 Å². The van der Waals surface area contributed by atoms with E-state index in [-0.39, 0.29) is 31.7 Å². The number of rotatable bonds is 15. The van der Waals surface area contributed by atoms with Crippen LogP contribution in [0.2, 0.25) is 0 Å². The molecule has 0 bridgehead atoms. The number of ether oxygens (including phenoxy) is 3. The molecular weight excluding hydrogens is 787 g/mol. The minimum Gasteiger partial charge on any atom is -0.497 e. The number of methoxy groups -OCH3 is 1. The number of anilines is 1. The van der Waals surface area contributed by atoms with Crippen LogP contribution in [0.4, 0.5) is 5.13 Å². The minimum atomic E-state index is -3.90. The third-order valence-corrected chi connectivity index (χ3v) is 13.4. The maximum absolute atomic E-state index is 14.8. The fourth-order valence-corrected chi connectivity index (χ4v) is 9.19. The Morgan fingerprint density at radius 2 is 1.83 bits per heavy atom. The van der Waals surface area contributed by atoms with Crippen LogP contribution in [0.25, 0.3) is 22.3 Å². The molecule has 1 unspecified atom stereocenters. The van der Waals surface area contributed by atoms with Crippen LogP contribution >= 0.6 is 11.3 Å². The van der Waals surface area contributed by atoms with E-state index in [1.54, 1.807) is 30.2 Å². The van der Waals surface area contributed by atoms with Crippen molar-refractivity contribution in [3.63, 3.8) is 0 Å². The fraction of sp³-hybridized carbons (Fsp3) is 0.550. The van der Waals surface area contributed by atoms with Gasteiger partial charge in [-0.15, -0.1) is 17.9 Å². The van der Waals surface area contributed by atoms with Crippen LogP contribution in [-0.4, -0.2) is 129 Å². The number of sulfonamides is 1. The Balaban J connectivity index is 1.33. The number of fused-ring (bicyclic) bond motifs is 1. The van der Waals surface area contributed by atoms with Crippen molar-refractivity contribution in [1.82, 2.24) is 29.8 Å². The third-order valence-electron chi connectivity index (χ3n) is 10.6. The van der Waals surface area contributed by atoms with Crippen LogP contribution < -0.4 is 24.4 Å². The molecule has 4 atom stereocenters. The maximum Gasteiger partial charge on any atom is 0.256 e. The summed E-state index contributed by atoms with van der Waals surface area (Å²) < 4.78 is 45.1. The summed E-state index contributed by atoms with van der Waals surface area (Å²) in [4.78, 5) is 70.6. The standard InChI is InChI=1S/C40H53N7O9S2/c1-8-9-29(36(49)44-58(52,53)26-11-12-26)42-37(50)33-19-25(22-47(33)38(51)28(40(2,3)4)20-35(48)46-14-16-55-17-15-46)56-34-21-31(32-23-57-39(43-32)45(5)6)41-30-18-24(54-7)10-13-27(30)34/h8,10,13,18,21,23,25-26,28-29,33H,1,9,11-12,14-17,19-20,22H2,2-7H3,(H,42,50)(H,44,49)/t25?,28-,29-,33+/m1/s1. The SMILES string of the molecule is C=CC[C@@H](NC(=O)[C@@H]1CC(Oc2cc(-c3csc(N(C)C)n3)nc3cc(OC)ccc23)CN1C(=O)[C@@H](CC(=O)N1CCOCC1)C(C)(C)C)C(=O)NS(=O)(=O)C1CC1. The van der Waals surface area contributed by atoms with Crippen molar-refractivity contribution >= 4 is 61.0 Å². The number of pyridine rings is 1. The number of morpholine rings is 1. The summed E-state index contributed by atoms with van der Waals surface area (Å²) in [5, 5.41) is 5.42. The maximum atomic E-state index is 14.8. The second-order valence-electron chi connectivity index (χ2n) is 16.2. The van der Waals surface area contributed by atoms with Crippen molar-refractivity contribution in [3.05, 3.63) is 42.3 Å². The Labute approximate surface area is 343 Å². The number of aromatic nitrogens is 2. The molecule has 2 aromatic heterocycles. The van der Waals surface area contributed by atoms with E-state index < -0.39 is 62.5 Å². The lowest BCUT2D eigenvalue weighted by atomic mass is 9.77. The molecule has 0 radical (unpaired) electrons. The number of thiazole rings is 1. The minimum absolute atomic E-state index is 0.0135. The van der Waals surface area contributed by atoms with Gasteiger partial charge in [0.1, 0.15) is 35.4 Å². The van der Waals surface area contributed by atoms with Crippen molar-refractivity contribution in [2.45, 2.75) is 76.3 Å². The molecule has 1 aromatic carbocycles. The van der Waals surface area contributed by atoms with Crippen molar-refractivity contribution in [1.29, 1.82) is 0 Å². The zero-order chi connectivity index (χ0) is 41.9. The Bertz CT molecular complexity index is 2140. The smallest absolute Gasteiger partial charge is 0.256 e. The molecule has 2 aliphatic heterocycles. The summed E-state index contributed by atoms with van der Waals surface area (Å²) in [6.07, 6.45) is 1.49. The van der Waals surface area contributed by atoms with Gasteiger partial charge in [-0.1, -0.05) is 26.8 Å². The number of carbonyl (C=O) groups excluding carboxylic acids is 4. The molecule has 2 N–H and O–H groups in total. The first-order valence-corrected chi connectivity index (χ1v) is 21.8. The molecule has 3 fully saturated rings. The van der Waals surface area contributed by atoms with Gasteiger partial charge in [-0.2, -0.15) is 0 Å². The van der Waals surface area contributed by atoms with Crippen LogP contribution in [0.1, 0.15) is 52.9 Å². The van der Waals surface area contributed by atoms with E-state index in [1.165, 1.54) is 22.3 Å². The highest BCUT2D eigenvalue weighted by Gasteiger charge is 2.47. The number of carbonyl (C=O) groups is 4. The summed E-state index contributed by atoms with van der Waals surface area (Å²) in [5.41, 5.74) is 1.08. The molecular formula is C40H53N7O9S2. The number of nitrogens with zero attached hydrogens (tertiary/aromatic N) is 5. The molecule has 1 saturated carbocycles. The molecule has 4 amide bonds. The van der Waals surface area contributed by atoms with Crippen LogP contribution in [0.5, 0.6) is 11.5 Å². The van der Waals surface area contributed by atoms with E-state index in [0.717, 1.165) is 5.13 Å². The topological polar surface area (TPSA) is 190 Å². The van der Waals surface area contributed by atoms with E-state index in [0.29, 0.717) is 72.9 Å². The van der Waals surface area contributed by atoms with Gasteiger partial charge in [-0.3, -0.25) is 23.9 Å². The number of amides is 4. The molecule has 6 rings (SSSR count). The first-order chi connectivity index (χ1) is 27.5. The lowest BCUT2D eigenvalue weighted by Gasteiger charge is -2.36. The average Bonchev–Trinajstić information content (AvgIpc) is 3.79. The molecule has 4 heterocycles. The molecule has 0 spiro atoms. The average molecular weight is 840 g/mol. The molecule has 16 nitrogen and oxygen atoms in total. The van der Waals surface area contributed by atoms with Gasteiger partial charge in [-0.05, 0) is 36.8 Å². The van der Waals surface area contributed by atoms with Crippen molar-refractivity contribution in [2.24, 2.45) is 11.3 Å². The third kappa shape index (κ3) is 9.89. The predicted octanol–water partition coefficient (Wildman–Crippen LogP) is 3.36. The van der Waals surface area contributed by atoms with Crippen LogP contribution in [0, 0.1) is 11.3 Å². The van der Waals surface area contributed by atoms with Gasteiger partial charge in [0.2, 0.25) is 27.7 Å². The van der Waals surface area contributed by atoms with Crippen LogP contribution in [0.15, 0.2) is 42.3 Å². The lowest BCUT2D eigenvalue weighted by molar-refractivity contribution is -0.149. The van der Waals surface area contributed by atoms with Gasteiger partial charge in [0, 0.05) is 62.9 Å². The molecule has 18 heteroatoms. The zero-order valence-electron chi connectivity index (χ0n) is 33.9. The van der Waals surface area contributed by atoms with Crippen molar-refractivity contribution < 1.29 is 41.8 Å². The van der Waals surface area contributed by atoms with E-state index in [2.05, 4.69) is 16.6 Å². The first-order valence-electron chi connectivity index (χ1n) is 19.4. The highest BCUT2D eigenvalue weighted by molar-refractivity contribution is 7.90. The highest BCUT2D eigenvalue weighted by Crippen LogP contribution is 2.38. The number of hydrogen-bond donors (Lipinski definition) is 2. The normalized spacial score (nSPS) is 19.6. The lowest BCUT2D eigenvalue weighted by Crippen LogP contribution is -2.55. The first kappa shape index (κ1) is 42.8. The summed E-state index contributed by atoms with van der Waals surface area (Å²) in [5.74, 6) is -1.93. The highest BCUT2D eigenvalue weighted by atomic mass is 32.2. The van der Waals surface area contributed by atoms with E-state index in [9.17, 15) is 27.6 Å². The Hall–Kier alpha value is -4.81. The van der Waals surface area contributed by atoms with E-state index in [4.69, 9.17) is 24.2 Å². The van der Waals surface area contributed by atoms with Crippen molar-refractivity contribution in [2.75, 3.05) is 59.0 Å². The largest absolute Gasteiger partial charge is 0.497 e. The van der Waals surface area contributed by atoms with Crippen LogP contribution in [-0.2, 0) is 33.9 Å². The molecule has 1 aliphatic carbocycles. The van der Waals surface area contributed by atoms with Gasteiger partial charge >= 0.3 is 0 Å². The zero-order valence-corrected chi connectivity index (χ0v) is 35.5. The molecule has 2 saturated heterocycles. The van der Waals surface area contributed by atoms with Gasteiger partial charge in [0.15, 0.2) is 5.13 Å². The predicted molar refractivity (Wildman–Crippen MR) is 220 cm³/mol. The van der Waals surface area contributed by atoms with E-state index >= 15 is 0 Å².